The summed E-state index contributed by atoms with van der Waals surface area (Å²) in [5.41, 5.74) is -0.226. The molecule has 0 saturated heterocycles. The van der Waals surface area contributed by atoms with Crippen LogP contribution >= 0.6 is 0 Å². The average molecular weight is 500 g/mol. The van der Waals surface area contributed by atoms with E-state index in [1.165, 1.54) is 7.11 Å². The fraction of sp³-hybridized carbons (Fsp3) is 0.360. The number of carbonyl (C=O) groups excluding carboxylic acids is 3. The molecule has 0 unspecified atom stereocenters. The lowest BCUT2D eigenvalue weighted by Crippen LogP contribution is -2.49. The Morgan fingerprint density at radius 3 is 2.19 bits per heavy atom. The minimum atomic E-state index is -1.50. The van der Waals surface area contributed by atoms with E-state index in [0.717, 1.165) is 17.7 Å². The molecule has 36 heavy (non-hydrogen) atoms. The number of nitrogens with zero attached hydrogens (tertiary/aromatic N) is 1. The number of hydrogen-bond acceptors (Lipinski definition) is 9. The molecular formula is C25H29N3O8. The van der Waals surface area contributed by atoms with Gasteiger partial charge in [0, 0.05) is 0 Å². The lowest BCUT2D eigenvalue weighted by atomic mass is 10.0. The number of alkyl carbamates (subject to hydrolysis) is 1. The van der Waals surface area contributed by atoms with E-state index in [1.54, 1.807) is 57.2 Å². The normalized spacial score (nSPS) is 12.4. The van der Waals surface area contributed by atoms with Crippen molar-refractivity contribution in [1.29, 1.82) is 5.26 Å². The number of nitriles is 1. The summed E-state index contributed by atoms with van der Waals surface area (Å²) >= 11 is 0. The molecule has 2 aromatic carbocycles. The summed E-state index contributed by atoms with van der Waals surface area (Å²) in [4.78, 5) is 38.2. The zero-order valence-electron chi connectivity index (χ0n) is 20.4. The first-order valence-electron chi connectivity index (χ1n) is 10.9. The highest BCUT2D eigenvalue weighted by molar-refractivity contribution is 5.90. The number of phenols is 2. The lowest BCUT2D eigenvalue weighted by molar-refractivity contribution is -0.159. The maximum Gasteiger partial charge on any atom is 0.408 e. The quantitative estimate of drug-likeness (QED) is 0.379. The molecule has 0 saturated carbocycles. The van der Waals surface area contributed by atoms with Gasteiger partial charge >= 0.3 is 12.1 Å². The third-order valence-electron chi connectivity index (χ3n) is 4.66. The number of phenolic OH excluding ortho intramolecular Hbond substituents is 2. The van der Waals surface area contributed by atoms with Crippen LogP contribution in [-0.2, 0) is 25.7 Å². The van der Waals surface area contributed by atoms with Gasteiger partial charge in [-0.15, -0.1) is 0 Å². The predicted molar refractivity (Wildman–Crippen MR) is 127 cm³/mol. The smallest absolute Gasteiger partial charge is 0.408 e. The van der Waals surface area contributed by atoms with Crippen molar-refractivity contribution < 1.29 is 38.8 Å². The molecule has 0 heterocycles. The van der Waals surface area contributed by atoms with E-state index in [-0.39, 0.29) is 17.9 Å². The zero-order valence-corrected chi connectivity index (χ0v) is 20.4. The number of nitrogens with one attached hydrogen (secondary N) is 2. The van der Waals surface area contributed by atoms with Gasteiger partial charge in [0.2, 0.25) is 11.7 Å². The second-order valence-corrected chi connectivity index (χ2v) is 8.69. The topological polar surface area (TPSA) is 167 Å². The minimum Gasteiger partial charge on any atom is -0.504 e. The van der Waals surface area contributed by atoms with Gasteiger partial charge < -0.3 is 35.1 Å². The molecule has 192 valence electrons. The van der Waals surface area contributed by atoms with Crippen molar-refractivity contribution in [3.8, 4) is 23.3 Å². The summed E-state index contributed by atoms with van der Waals surface area (Å²) in [6.07, 6.45) is -1.37. The first-order chi connectivity index (χ1) is 16.9. The lowest BCUT2D eigenvalue weighted by Gasteiger charge is -2.26. The van der Waals surface area contributed by atoms with Crippen LogP contribution in [0.3, 0.4) is 0 Å². The molecule has 2 rings (SSSR count). The number of aromatic hydroxyl groups is 2. The number of ether oxygens (including phenoxy) is 3. The molecule has 0 aliphatic heterocycles. The Morgan fingerprint density at radius 1 is 1.06 bits per heavy atom. The molecule has 0 spiro atoms. The molecule has 0 aromatic heterocycles. The van der Waals surface area contributed by atoms with Crippen molar-refractivity contribution in [2.75, 3.05) is 7.11 Å². The molecule has 4 N–H and O–H groups in total. The first kappa shape index (κ1) is 27.8. The standard InChI is InChI=1S/C25H29N3O8/c1-25(2,3)36-23(32)20(16-12-18(29)21(34-4)19(30)13-16)28-22(31)17(10-11-26)27-24(33)35-14-15-8-6-5-7-9-15/h5-9,12-13,17,20,29-30H,10,14H2,1-4H3,(H,27,33)(H,28,31)/t17-,20+/m0/s1. The van der Waals surface area contributed by atoms with Gasteiger partial charge in [-0.1, -0.05) is 30.3 Å². The predicted octanol–water partition coefficient (Wildman–Crippen LogP) is 2.81. The Labute approximate surface area is 208 Å². The van der Waals surface area contributed by atoms with Gasteiger partial charge in [-0.2, -0.15) is 5.26 Å². The van der Waals surface area contributed by atoms with E-state index >= 15 is 0 Å². The molecule has 0 aliphatic carbocycles. The van der Waals surface area contributed by atoms with E-state index < -0.39 is 53.6 Å². The first-order valence-corrected chi connectivity index (χ1v) is 10.9. The molecule has 2 amide bonds. The highest BCUT2D eigenvalue weighted by atomic mass is 16.6. The second kappa shape index (κ2) is 12.3. The molecule has 2 aromatic rings. The van der Waals surface area contributed by atoms with Gasteiger partial charge in [0.25, 0.3) is 0 Å². The maximum absolute atomic E-state index is 13.0. The number of esters is 1. The van der Waals surface area contributed by atoms with Crippen LogP contribution < -0.4 is 15.4 Å². The Kier molecular flexibility index (Phi) is 9.50. The van der Waals surface area contributed by atoms with Crippen molar-refractivity contribution in [3.05, 3.63) is 53.6 Å². The fourth-order valence-electron chi connectivity index (χ4n) is 3.09. The number of carbonyl (C=O) groups is 3. The minimum absolute atomic E-state index is 0.0178. The molecular weight excluding hydrogens is 470 g/mol. The Hall–Kier alpha value is -4.46. The van der Waals surface area contributed by atoms with Gasteiger partial charge in [-0.3, -0.25) is 4.79 Å². The third kappa shape index (κ3) is 8.09. The van der Waals surface area contributed by atoms with Crippen LogP contribution in [0.5, 0.6) is 17.2 Å². The van der Waals surface area contributed by atoms with Crippen LogP contribution in [0.15, 0.2) is 42.5 Å². The highest BCUT2D eigenvalue weighted by Gasteiger charge is 2.32. The van der Waals surface area contributed by atoms with Gasteiger partial charge in [0.1, 0.15) is 18.2 Å². The van der Waals surface area contributed by atoms with Crippen LogP contribution in [0, 0.1) is 11.3 Å². The van der Waals surface area contributed by atoms with Crippen molar-refractivity contribution in [1.82, 2.24) is 10.6 Å². The zero-order chi connectivity index (χ0) is 26.9. The molecule has 0 radical (unpaired) electrons. The van der Waals surface area contributed by atoms with E-state index in [0.29, 0.717) is 0 Å². The van der Waals surface area contributed by atoms with Crippen molar-refractivity contribution in [3.63, 3.8) is 0 Å². The van der Waals surface area contributed by atoms with Gasteiger partial charge in [0.15, 0.2) is 17.5 Å². The van der Waals surface area contributed by atoms with Gasteiger partial charge in [-0.25, -0.2) is 9.59 Å². The van der Waals surface area contributed by atoms with Crippen LogP contribution in [0.1, 0.15) is 44.4 Å². The SMILES string of the molecule is COc1c(O)cc([C@@H](NC(=O)[C@H](CC#N)NC(=O)OCc2ccccc2)C(=O)OC(C)(C)C)cc1O. The molecule has 0 fully saturated rings. The highest BCUT2D eigenvalue weighted by Crippen LogP contribution is 2.38. The van der Waals surface area contributed by atoms with Crippen molar-refractivity contribution >= 4 is 18.0 Å². The maximum atomic E-state index is 13.0. The van der Waals surface area contributed by atoms with Crippen LogP contribution in [0.25, 0.3) is 0 Å². The monoisotopic (exact) mass is 499 g/mol. The summed E-state index contributed by atoms with van der Waals surface area (Å²) in [5.74, 6) is -2.97. The van der Waals surface area contributed by atoms with E-state index in [4.69, 9.17) is 19.5 Å². The van der Waals surface area contributed by atoms with E-state index in [2.05, 4.69) is 10.6 Å². The number of rotatable bonds is 9. The number of hydrogen-bond donors (Lipinski definition) is 4. The summed E-state index contributed by atoms with van der Waals surface area (Å²) in [6, 6.07) is 10.0. The van der Waals surface area contributed by atoms with Gasteiger partial charge in [0.05, 0.1) is 19.6 Å². The second-order valence-electron chi connectivity index (χ2n) is 8.69. The van der Waals surface area contributed by atoms with Crippen LogP contribution in [-0.4, -0.2) is 46.9 Å². The number of methoxy groups -OCH3 is 1. The largest absolute Gasteiger partial charge is 0.504 e. The Morgan fingerprint density at radius 2 is 1.67 bits per heavy atom. The molecule has 2 atom stereocenters. The number of benzene rings is 2. The van der Waals surface area contributed by atoms with E-state index in [1.807, 2.05) is 0 Å². The number of amides is 2. The molecule has 0 aliphatic rings. The molecule has 11 nitrogen and oxygen atoms in total. The Balaban J connectivity index is 2.24. The summed E-state index contributed by atoms with van der Waals surface area (Å²) < 4.78 is 15.4. The van der Waals surface area contributed by atoms with E-state index in [9.17, 15) is 24.6 Å². The summed E-state index contributed by atoms with van der Waals surface area (Å²) in [5, 5.41) is 34.2. The third-order valence-corrected chi connectivity index (χ3v) is 4.66. The van der Waals surface area contributed by atoms with Gasteiger partial charge in [-0.05, 0) is 44.0 Å². The molecule has 11 heteroatoms. The Bertz CT molecular complexity index is 1100. The van der Waals surface area contributed by atoms with Crippen LogP contribution in [0.4, 0.5) is 4.79 Å². The summed E-state index contributed by atoms with van der Waals surface area (Å²) in [7, 11) is 1.23. The summed E-state index contributed by atoms with van der Waals surface area (Å²) in [6.45, 7) is 4.80. The van der Waals surface area contributed by atoms with Crippen LogP contribution in [0.2, 0.25) is 0 Å². The van der Waals surface area contributed by atoms with Crippen molar-refractivity contribution in [2.45, 2.75) is 51.5 Å². The average Bonchev–Trinajstić information content (AvgIpc) is 2.80. The van der Waals surface area contributed by atoms with Crippen molar-refractivity contribution in [2.24, 2.45) is 0 Å². The fourth-order valence-corrected chi connectivity index (χ4v) is 3.09. The molecule has 0 bridgehead atoms.